The quantitative estimate of drug-likeness (QED) is 0.240. The highest BCUT2D eigenvalue weighted by molar-refractivity contribution is 6.19. The van der Waals surface area contributed by atoms with E-state index in [9.17, 15) is 0 Å². The molecule has 0 aliphatic carbocycles. The third kappa shape index (κ3) is 2.40. The molecule has 158 valence electrons. The molecule has 2 aromatic heterocycles. The van der Waals surface area contributed by atoms with E-state index in [4.69, 9.17) is 8.83 Å². The molecule has 0 saturated carbocycles. The van der Waals surface area contributed by atoms with Gasteiger partial charge >= 0.3 is 0 Å². The second kappa shape index (κ2) is 6.49. The predicted octanol–water partition coefficient (Wildman–Crippen LogP) is 9.46. The van der Waals surface area contributed by atoms with E-state index in [0.29, 0.717) is 0 Å². The first-order valence-corrected chi connectivity index (χ1v) is 11.5. The van der Waals surface area contributed by atoms with Crippen molar-refractivity contribution in [1.82, 2.24) is 0 Å². The van der Waals surface area contributed by atoms with Crippen LogP contribution in [0, 0.1) is 0 Å². The number of benzene rings is 6. The van der Waals surface area contributed by atoms with E-state index in [-0.39, 0.29) is 0 Å². The van der Waals surface area contributed by atoms with Crippen LogP contribution in [0.3, 0.4) is 0 Å². The largest absolute Gasteiger partial charge is 0.456 e. The Morgan fingerprint density at radius 2 is 0.941 bits per heavy atom. The molecule has 0 radical (unpaired) electrons. The molecule has 0 aliphatic heterocycles. The molecule has 0 bridgehead atoms. The molecule has 0 fully saturated rings. The fourth-order valence-corrected chi connectivity index (χ4v) is 5.46. The summed E-state index contributed by atoms with van der Waals surface area (Å²) in [6, 6.07) is 38.4. The second-order valence-electron chi connectivity index (χ2n) is 8.95. The summed E-state index contributed by atoms with van der Waals surface area (Å²) in [6.45, 7) is 0. The van der Waals surface area contributed by atoms with Crippen molar-refractivity contribution in [2.45, 2.75) is 0 Å². The third-order valence-electron chi connectivity index (χ3n) is 7.05. The van der Waals surface area contributed by atoms with Gasteiger partial charge in [0.25, 0.3) is 0 Å². The summed E-state index contributed by atoms with van der Waals surface area (Å²) in [6.07, 6.45) is 0. The van der Waals surface area contributed by atoms with Crippen LogP contribution >= 0.6 is 0 Å². The van der Waals surface area contributed by atoms with Gasteiger partial charge in [-0.1, -0.05) is 66.7 Å². The summed E-state index contributed by atoms with van der Waals surface area (Å²) < 4.78 is 12.4. The Hall–Kier alpha value is -4.56. The highest BCUT2D eigenvalue weighted by Crippen LogP contribution is 2.40. The zero-order valence-electron chi connectivity index (χ0n) is 18.2. The van der Waals surface area contributed by atoms with Crippen molar-refractivity contribution in [1.29, 1.82) is 0 Å². The molecule has 2 heterocycles. The van der Waals surface area contributed by atoms with E-state index in [2.05, 4.69) is 84.9 Å². The fraction of sp³-hybridized carbons (Fsp3) is 0. The minimum atomic E-state index is 0.916. The van der Waals surface area contributed by atoms with Gasteiger partial charge in [0.15, 0.2) is 0 Å². The second-order valence-corrected chi connectivity index (χ2v) is 8.95. The van der Waals surface area contributed by atoms with E-state index in [0.717, 1.165) is 49.4 Å². The van der Waals surface area contributed by atoms with E-state index >= 15 is 0 Å². The Bertz CT molecular complexity index is 2070. The van der Waals surface area contributed by atoms with Crippen LogP contribution < -0.4 is 0 Å². The van der Waals surface area contributed by atoms with E-state index in [1.807, 2.05) is 24.3 Å². The first kappa shape index (κ1) is 17.9. The molecule has 8 rings (SSSR count). The Balaban J connectivity index is 1.46. The Morgan fingerprint density at radius 3 is 1.71 bits per heavy atom. The van der Waals surface area contributed by atoms with Crippen LogP contribution in [0.25, 0.3) is 76.5 Å². The maximum atomic E-state index is 6.20. The highest BCUT2D eigenvalue weighted by atomic mass is 16.3. The van der Waals surface area contributed by atoms with Crippen molar-refractivity contribution in [2.75, 3.05) is 0 Å². The van der Waals surface area contributed by atoms with Gasteiger partial charge in [-0.15, -0.1) is 0 Å². The van der Waals surface area contributed by atoms with Crippen LogP contribution in [0.2, 0.25) is 0 Å². The van der Waals surface area contributed by atoms with E-state index in [1.54, 1.807) is 0 Å². The minimum Gasteiger partial charge on any atom is -0.456 e. The first-order chi connectivity index (χ1) is 16.8. The monoisotopic (exact) mass is 434 g/mol. The molecule has 0 unspecified atom stereocenters. The predicted molar refractivity (Wildman–Crippen MR) is 141 cm³/mol. The normalized spacial score (nSPS) is 12.1. The number of hydrogen-bond donors (Lipinski definition) is 0. The van der Waals surface area contributed by atoms with Gasteiger partial charge in [0.2, 0.25) is 0 Å². The average Bonchev–Trinajstić information content (AvgIpc) is 3.44. The summed E-state index contributed by atoms with van der Waals surface area (Å²) in [7, 11) is 0. The molecule has 34 heavy (non-hydrogen) atoms. The Labute approximate surface area is 194 Å². The molecule has 0 aliphatic rings. The lowest BCUT2D eigenvalue weighted by molar-refractivity contribution is 0.669. The van der Waals surface area contributed by atoms with E-state index in [1.165, 1.54) is 27.1 Å². The van der Waals surface area contributed by atoms with E-state index < -0.39 is 0 Å². The molecule has 0 amide bonds. The SMILES string of the molecule is c1ccc2c(c1)oc1cc(-c3cc4cc5c(cc4c4ccccc34)oc3ccccc35)ccc12. The van der Waals surface area contributed by atoms with Gasteiger partial charge in [0, 0.05) is 21.5 Å². The van der Waals surface area contributed by atoms with Crippen LogP contribution in [0.1, 0.15) is 0 Å². The molecule has 2 heteroatoms. The lowest BCUT2D eigenvalue weighted by Crippen LogP contribution is -1.85. The molecule has 0 spiro atoms. The van der Waals surface area contributed by atoms with Crippen LogP contribution in [0.4, 0.5) is 0 Å². The van der Waals surface area contributed by atoms with Gasteiger partial charge < -0.3 is 8.83 Å². The molecular weight excluding hydrogens is 416 g/mol. The number of para-hydroxylation sites is 2. The van der Waals surface area contributed by atoms with Crippen molar-refractivity contribution in [3.05, 3.63) is 109 Å². The summed E-state index contributed by atoms with van der Waals surface area (Å²) in [5.74, 6) is 0. The highest BCUT2D eigenvalue weighted by Gasteiger charge is 2.14. The summed E-state index contributed by atoms with van der Waals surface area (Å²) in [4.78, 5) is 0. The van der Waals surface area contributed by atoms with Crippen molar-refractivity contribution in [3.63, 3.8) is 0 Å². The topological polar surface area (TPSA) is 26.3 Å². The van der Waals surface area contributed by atoms with Gasteiger partial charge in [-0.3, -0.25) is 0 Å². The van der Waals surface area contributed by atoms with Gasteiger partial charge in [-0.25, -0.2) is 0 Å². The smallest absolute Gasteiger partial charge is 0.136 e. The lowest BCUT2D eigenvalue weighted by Gasteiger charge is -2.11. The number of rotatable bonds is 1. The maximum Gasteiger partial charge on any atom is 0.136 e. The van der Waals surface area contributed by atoms with Crippen molar-refractivity contribution < 1.29 is 8.83 Å². The molecule has 8 aromatic rings. The molecule has 6 aromatic carbocycles. The molecule has 0 atom stereocenters. The van der Waals surface area contributed by atoms with Gasteiger partial charge in [0.1, 0.15) is 22.3 Å². The van der Waals surface area contributed by atoms with Gasteiger partial charge in [-0.05, 0) is 75.1 Å². The third-order valence-corrected chi connectivity index (χ3v) is 7.05. The molecule has 0 N–H and O–H groups in total. The zero-order valence-corrected chi connectivity index (χ0v) is 18.2. The Morgan fingerprint density at radius 1 is 0.353 bits per heavy atom. The fourth-order valence-electron chi connectivity index (χ4n) is 5.46. The number of furan rings is 2. The first-order valence-electron chi connectivity index (χ1n) is 11.5. The summed E-state index contributed by atoms with van der Waals surface area (Å²) in [5, 5.41) is 9.46. The average molecular weight is 434 g/mol. The molecule has 2 nitrogen and oxygen atoms in total. The lowest BCUT2D eigenvalue weighted by atomic mass is 9.92. The molecule has 0 saturated heterocycles. The Kier molecular flexibility index (Phi) is 3.42. The van der Waals surface area contributed by atoms with Crippen molar-refractivity contribution in [2.24, 2.45) is 0 Å². The number of fused-ring (bicyclic) bond motifs is 9. The summed E-state index contributed by atoms with van der Waals surface area (Å²) >= 11 is 0. The van der Waals surface area contributed by atoms with Crippen LogP contribution in [-0.2, 0) is 0 Å². The van der Waals surface area contributed by atoms with Crippen LogP contribution in [-0.4, -0.2) is 0 Å². The minimum absolute atomic E-state index is 0.916. The number of hydrogen-bond acceptors (Lipinski definition) is 2. The standard InChI is InChI=1S/C32H18O2/c1-2-8-22-21(7-1)26(19-13-14-25-23-9-3-5-11-29(23)33-31(25)17-19)15-20-16-28-24-10-4-6-12-30(24)34-32(28)18-27(20)22/h1-18H. The van der Waals surface area contributed by atoms with Gasteiger partial charge in [-0.2, -0.15) is 0 Å². The van der Waals surface area contributed by atoms with Crippen molar-refractivity contribution in [3.8, 4) is 11.1 Å². The summed E-state index contributed by atoms with van der Waals surface area (Å²) in [5.41, 5.74) is 6.05. The van der Waals surface area contributed by atoms with Crippen molar-refractivity contribution >= 4 is 65.4 Å². The molecular formula is C32H18O2. The van der Waals surface area contributed by atoms with Gasteiger partial charge in [0.05, 0.1) is 0 Å². The van der Waals surface area contributed by atoms with Crippen LogP contribution in [0.15, 0.2) is 118 Å². The van der Waals surface area contributed by atoms with Crippen LogP contribution in [0.5, 0.6) is 0 Å². The zero-order chi connectivity index (χ0) is 22.2. The maximum absolute atomic E-state index is 6.20.